The van der Waals surface area contributed by atoms with Crippen LogP contribution in [0.3, 0.4) is 0 Å². The van der Waals surface area contributed by atoms with Gasteiger partial charge in [0.2, 0.25) is 0 Å². The summed E-state index contributed by atoms with van der Waals surface area (Å²) in [6, 6.07) is 8.61. The maximum atomic E-state index is 13.2. The molecule has 2 aromatic heterocycles. The molecule has 0 spiro atoms. The summed E-state index contributed by atoms with van der Waals surface area (Å²) in [6.45, 7) is 1.96. The summed E-state index contributed by atoms with van der Waals surface area (Å²) in [5.74, 6) is 0. The highest BCUT2D eigenvalue weighted by molar-refractivity contribution is 5.64. The van der Waals surface area contributed by atoms with Gasteiger partial charge in [0.05, 0.1) is 23.0 Å². The standard InChI is InChI=1S/C20H20F3N5O/c21-20(22,23)15-2-1-3-16(12-15)28-19(14-4-8-24-9-5-14)18(25-26-28)13-27-10-6-17(29)7-11-27/h1-5,8-9,12,17,29H,6-7,10-11,13H2. The number of piperidine rings is 1. The first kappa shape index (κ1) is 19.5. The summed E-state index contributed by atoms with van der Waals surface area (Å²) < 4.78 is 41.0. The van der Waals surface area contributed by atoms with E-state index in [9.17, 15) is 18.3 Å². The average molecular weight is 403 g/mol. The maximum Gasteiger partial charge on any atom is 0.416 e. The van der Waals surface area contributed by atoms with Gasteiger partial charge >= 0.3 is 6.18 Å². The smallest absolute Gasteiger partial charge is 0.393 e. The fraction of sp³-hybridized carbons (Fsp3) is 0.350. The van der Waals surface area contributed by atoms with E-state index >= 15 is 0 Å². The lowest BCUT2D eigenvalue weighted by Crippen LogP contribution is -2.35. The molecule has 0 radical (unpaired) electrons. The van der Waals surface area contributed by atoms with E-state index in [1.807, 2.05) is 0 Å². The topological polar surface area (TPSA) is 67.1 Å². The molecular weight excluding hydrogens is 383 g/mol. The summed E-state index contributed by atoms with van der Waals surface area (Å²) in [4.78, 5) is 6.19. The largest absolute Gasteiger partial charge is 0.416 e. The number of rotatable bonds is 4. The Morgan fingerprint density at radius 2 is 1.79 bits per heavy atom. The second-order valence-electron chi connectivity index (χ2n) is 7.09. The van der Waals surface area contributed by atoms with Gasteiger partial charge < -0.3 is 5.11 Å². The van der Waals surface area contributed by atoms with Gasteiger partial charge in [0.15, 0.2) is 0 Å². The molecule has 0 saturated carbocycles. The molecule has 1 N–H and O–H groups in total. The third-order valence-corrected chi connectivity index (χ3v) is 5.04. The number of alkyl halides is 3. The summed E-state index contributed by atoms with van der Waals surface area (Å²) in [5.41, 5.74) is 1.63. The SMILES string of the molecule is OC1CCN(Cc2nnn(-c3cccc(C(F)(F)F)c3)c2-c2ccncc2)CC1. The van der Waals surface area contributed by atoms with E-state index < -0.39 is 11.7 Å². The van der Waals surface area contributed by atoms with Crippen molar-refractivity contribution >= 4 is 0 Å². The Labute approximate surface area is 165 Å². The van der Waals surface area contributed by atoms with Gasteiger partial charge in [-0.1, -0.05) is 11.3 Å². The number of aromatic nitrogens is 4. The first-order valence-electron chi connectivity index (χ1n) is 9.35. The molecule has 0 bridgehead atoms. The lowest BCUT2D eigenvalue weighted by Gasteiger charge is -2.28. The number of nitrogens with zero attached hydrogens (tertiary/aromatic N) is 5. The summed E-state index contributed by atoms with van der Waals surface area (Å²) >= 11 is 0. The third kappa shape index (κ3) is 4.30. The molecule has 0 amide bonds. The van der Waals surface area contributed by atoms with Gasteiger partial charge in [-0.2, -0.15) is 13.2 Å². The summed E-state index contributed by atoms with van der Waals surface area (Å²) in [7, 11) is 0. The molecule has 0 aliphatic carbocycles. The van der Waals surface area contributed by atoms with E-state index in [-0.39, 0.29) is 6.10 Å². The number of aliphatic hydroxyl groups excluding tert-OH is 1. The van der Waals surface area contributed by atoms with Crippen molar-refractivity contribution in [3.05, 3.63) is 60.0 Å². The molecule has 9 heteroatoms. The van der Waals surface area contributed by atoms with Crippen molar-refractivity contribution in [2.45, 2.75) is 31.7 Å². The first-order valence-corrected chi connectivity index (χ1v) is 9.35. The summed E-state index contributed by atoms with van der Waals surface area (Å²) in [5, 5.41) is 18.2. The molecule has 1 aliphatic rings. The van der Waals surface area contributed by atoms with Crippen LogP contribution in [0.2, 0.25) is 0 Å². The van der Waals surface area contributed by atoms with Crippen LogP contribution in [0.4, 0.5) is 13.2 Å². The zero-order valence-electron chi connectivity index (χ0n) is 15.5. The molecule has 1 aliphatic heterocycles. The van der Waals surface area contributed by atoms with Crippen LogP contribution in [0.1, 0.15) is 24.1 Å². The van der Waals surface area contributed by atoms with Gasteiger partial charge in [-0.15, -0.1) is 5.10 Å². The van der Waals surface area contributed by atoms with Crippen molar-refractivity contribution in [1.82, 2.24) is 24.9 Å². The zero-order chi connectivity index (χ0) is 20.4. The van der Waals surface area contributed by atoms with Crippen LogP contribution in [0.5, 0.6) is 0 Å². The lowest BCUT2D eigenvalue weighted by atomic mass is 10.1. The molecule has 29 heavy (non-hydrogen) atoms. The van der Waals surface area contributed by atoms with Crippen molar-refractivity contribution < 1.29 is 18.3 Å². The molecule has 6 nitrogen and oxygen atoms in total. The first-order chi connectivity index (χ1) is 13.9. The number of likely N-dealkylation sites (tertiary alicyclic amines) is 1. The highest BCUT2D eigenvalue weighted by Crippen LogP contribution is 2.32. The number of hydrogen-bond donors (Lipinski definition) is 1. The fourth-order valence-corrected chi connectivity index (χ4v) is 3.50. The van der Waals surface area contributed by atoms with Crippen molar-refractivity contribution in [1.29, 1.82) is 0 Å². The van der Waals surface area contributed by atoms with Crippen molar-refractivity contribution in [2.75, 3.05) is 13.1 Å². The second-order valence-corrected chi connectivity index (χ2v) is 7.09. The van der Waals surface area contributed by atoms with Crippen LogP contribution in [-0.4, -0.2) is 49.2 Å². The highest BCUT2D eigenvalue weighted by Gasteiger charge is 2.31. The van der Waals surface area contributed by atoms with E-state index in [1.165, 1.54) is 10.7 Å². The minimum atomic E-state index is -4.44. The zero-order valence-corrected chi connectivity index (χ0v) is 15.5. The predicted molar refractivity (Wildman–Crippen MR) is 100 cm³/mol. The summed E-state index contributed by atoms with van der Waals surface area (Å²) in [6.07, 6.45) is -0.102. The van der Waals surface area contributed by atoms with Gasteiger partial charge in [-0.3, -0.25) is 9.88 Å². The van der Waals surface area contributed by atoms with Crippen LogP contribution in [0.15, 0.2) is 48.8 Å². The van der Waals surface area contributed by atoms with Crippen LogP contribution in [0.25, 0.3) is 16.9 Å². The molecular formula is C20H20F3N5O. The van der Waals surface area contributed by atoms with Gasteiger partial charge in [-0.05, 0) is 43.2 Å². The van der Waals surface area contributed by atoms with Crippen LogP contribution >= 0.6 is 0 Å². The molecule has 0 atom stereocenters. The monoisotopic (exact) mass is 403 g/mol. The third-order valence-electron chi connectivity index (χ3n) is 5.04. The lowest BCUT2D eigenvalue weighted by molar-refractivity contribution is -0.137. The highest BCUT2D eigenvalue weighted by atomic mass is 19.4. The van der Waals surface area contributed by atoms with Gasteiger partial charge in [-0.25, -0.2) is 4.68 Å². The molecule has 4 rings (SSSR count). The van der Waals surface area contributed by atoms with Crippen LogP contribution in [-0.2, 0) is 12.7 Å². The number of pyridine rings is 1. The number of aliphatic hydroxyl groups is 1. The molecule has 3 heterocycles. The number of hydrogen-bond acceptors (Lipinski definition) is 5. The van der Waals surface area contributed by atoms with Crippen molar-refractivity contribution in [3.63, 3.8) is 0 Å². The minimum absolute atomic E-state index is 0.285. The van der Waals surface area contributed by atoms with Crippen molar-refractivity contribution in [3.8, 4) is 16.9 Å². The predicted octanol–water partition coefficient (Wildman–Crippen LogP) is 3.30. The Morgan fingerprint density at radius 3 is 2.48 bits per heavy atom. The Morgan fingerprint density at radius 1 is 1.07 bits per heavy atom. The van der Waals surface area contributed by atoms with Gasteiger partial charge in [0.25, 0.3) is 0 Å². The molecule has 0 unspecified atom stereocenters. The average Bonchev–Trinajstić information content (AvgIpc) is 3.13. The molecule has 1 fully saturated rings. The number of halogens is 3. The van der Waals surface area contributed by atoms with E-state index in [0.717, 1.165) is 30.8 Å². The molecule has 152 valence electrons. The van der Waals surface area contributed by atoms with Gasteiger partial charge in [0, 0.05) is 37.6 Å². The van der Waals surface area contributed by atoms with E-state index in [1.54, 1.807) is 30.6 Å². The van der Waals surface area contributed by atoms with E-state index in [4.69, 9.17) is 0 Å². The van der Waals surface area contributed by atoms with Crippen LogP contribution < -0.4 is 0 Å². The Kier molecular flexibility index (Phi) is 5.33. The molecule has 1 saturated heterocycles. The van der Waals surface area contributed by atoms with Gasteiger partial charge in [0.1, 0.15) is 5.69 Å². The maximum absolute atomic E-state index is 13.2. The Bertz CT molecular complexity index is 966. The van der Waals surface area contributed by atoms with E-state index in [2.05, 4.69) is 20.2 Å². The molecule has 3 aromatic rings. The van der Waals surface area contributed by atoms with E-state index in [0.29, 0.717) is 36.5 Å². The normalized spacial score (nSPS) is 16.3. The fourth-order valence-electron chi connectivity index (χ4n) is 3.50. The second kappa shape index (κ2) is 7.92. The Balaban J connectivity index is 1.74. The quantitative estimate of drug-likeness (QED) is 0.724. The minimum Gasteiger partial charge on any atom is -0.393 e. The van der Waals surface area contributed by atoms with Crippen molar-refractivity contribution in [2.24, 2.45) is 0 Å². The molecule has 1 aromatic carbocycles. The Hall–Kier alpha value is -2.78. The van der Waals surface area contributed by atoms with Crippen LogP contribution in [0, 0.1) is 0 Å². The number of benzene rings is 1.